The van der Waals surface area contributed by atoms with Gasteiger partial charge in [-0.25, -0.2) is 0 Å². The lowest BCUT2D eigenvalue weighted by Crippen LogP contribution is -2.06. The van der Waals surface area contributed by atoms with Gasteiger partial charge in [0.15, 0.2) is 0 Å². The fourth-order valence-corrected chi connectivity index (χ4v) is 1.94. The van der Waals surface area contributed by atoms with Crippen LogP contribution in [-0.2, 0) is 0 Å². The molecule has 1 N–H and O–H groups in total. The summed E-state index contributed by atoms with van der Waals surface area (Å²) in [4.78, 5) is 14.9. The molecule has 1 aromatic carbocycles. The molecule has 0 saturated heterocycles. The molecular formula is C13H9NO. The number of para-hydroxylation sites is 1. The van der Waals surface area contributed by atoms with E-state index >= 15 is 0 Å². The predicted molar refractivity (Wildman–Crippen MR) is 60.8 cm³/mol. The number of allylic oxidation sites excluding steroid dienone is 2. The van der Waals surface area contributed by atoms with E-state index in [0.717, 1.165) is 16.5 Å². The third kappa shape index (κ3) is 1.02. The first-order valence-electron chi connectivity index (χ1n) is 4.80. The first kappa shape index (κ1) is 8.24. The number of fused-ring (bicyclic) bond motifs is 3. The average molecular weight is 195 g/mol. The normalized spacial score (nSPS) is 14.7. The molecule has 0 saturated carbocycles. The summed E-state index contributed by atoms with van der Waals surface area (Å²) in [6.45, 7) is 3.71. The minimum atomic E-state index is -0.0105. The molecular weight excluding hydrogens is 186 g/mol. The number of aromatic amines is 1. The molecule has 2 aromatic rings. The largest absolute Gasteiger partial charge is 0.351 e. The minimum Gasteiger partial charge on any atom is -0.351 e. The SMILES string of the molecule is C=C1C=Cc2c([nH]c3ccccc23)C1=O. The van der Waals surface area contributed by atoms with Crippen LogP contribution in [0.1, 0.15) is 16.1 Å². The lowest BCUT2D eigenvalue weighted by molar-refractivity contribution is 0.103. The Labute approximate surface area is 86.9 Å². The van der Waals surface area contributed by atoms with E-state index in [2.05, 4.69) is 11.6 Å². The Morgan fingerprint density at radius 1 is 1.13 bits per heavy atom. The number of hydrogen-bond acceptors (Lipinski definition) is 1. The van der Waals surface area contributed by atoms with E-state index in [0.29, 0.717) is 11.3 Å². The van der Waals surface area contributed by atoms with Crippen molar-refractivity contribution >= 4 is 22.8 Å². The topological polar surface area (TPSA) is 32.9 Å². The van der Waals surface area contributed by atoms with E-state index < -0.39 is 0 Å². The van der Waals surface area contributed by atoms with E-state index in [9.17, 15) is 4.79 Å². The van der Waals surface area contributed by atoms with Gasteiger partial charge in [0.2, 0.25) is 5.78 Å². The molecule has 0 spiro atoms. The van der Waals surface area contributed by atoms with Crippen molar-refractivity contribution < 1.29 is 4.79 Å². The zero-order chi connectivity index (χ0) is 10.4. The van der Waals surface area contributed by atoms with E-state index in [1.807, 2.05) is 30.3 Å². The highest BCUT2D eigenvalue weighted by Crippen LogP contribution is 2.28. The van der Waals surface area contributed by atoms with Crippen LogP contribution < -0.4 is 0 Å². The van der Waals surface area contributed by atoms with Crippen molar-refractivity contribution in [2.24, 2.45) is 0 Å². The molecule has 1 aromatic heterocycles. The quantitative estimate of drug-likeness (QED) is 0.644. The van der Waals surface area contributed by atoms with Crippen molar-refractivity contribution in [2.45, 2.75) is 0 Å². The van der Waals surface area contributed by atoms with Gasteiger partial charge >= 0.3 is 0 Å². The summed E-state index contributed by atoms with van der Waals surface area (Å²) in [6, 6.07) is 7.90. The molecule has 3 rings (SSSR count). The van der Waals surface area contributed by atoms with Crippen molar-refractivity contribution in [1.29, 1.82) is 0 Å². The summed E-state index contributed by atoms with van der Waals surface area (Å²) in [5, 5.41) is 1.09. The number of rotatable bonds is 0. The minimum absolute atomic E-state index is 0.0105. The maximum absolute atomic E-state index is 11.8. The summed E-state index contributed by atoms with van der Waals surface area (Å²) in [6.07, 6.45) is 3.71. The summed E-state index contributed by atoms with van der Waals surface area (Å²) in [5.41, 5.74) is 3.16. The number of aromatic nitrogens is 1. The van der Waals surface area contributed by atoms with Gasteiger partial charge in [-0.3, -0.25) is 4.79 Å². The number of benzene rings is 1. The second-order valence-electron chi connectivity index (χ2n) is 3.65. The molecule has 0 bridgehead atoms. The van der Waals surface area contributed by atoms with Crippen LogP contribution >= 0.6 is 0 Å². The second-order valence-corrected chi connectivity index (χ2v) is 3.65. The van der Waals surface area contributed by atoms with Gasteiger partial charge in [-0.05, 0) is 6.07 Å². The smallest absolute Gasteiger partial charge is 0.209 e. The van der Waals surface area contributed by atoms with Crippen molar-refractivity contribution in [3.63, 3.8) is 0 Å². The van der Waals surface area contributed by atoms with E-state index in [1.54, 1.807) is 6.08 Å². The Balaban J connectivity index is 2.43. The summed E-state index contributed by atoms with van der Waals surface area (Å²) >= 11 is 0. The Bertz CT molecular complexity index is 616. The van der Waals surface area contributed by atoms with Gasteiger partial charge in [0, 0.05) is 22.0 Å². The molecule has 0 radical (unpaired) electrons. The lowest BCUT2D eigenvalue weighted by atomic mass is 9.98. The van der Waals surface area contributed by atoms with Crippen LogP contribution in [0.15, 0.2) is 42.5 Å². The number of hydrogen-bond donors (Lipinski definition) is 1. The van der Waals surface area contributed by atoms with Crippen LogP contribution in [0.3, 0.4) is 0 Å². The molecule has 0 atom stereocenters. The number of Topliss-reactive ketones (excluding diaryl/α,β-unsaturated/α-hetero) is 1. The average Bonchev–Trinajstić information content (AvgIpc) is 2.63. The fourth-order valence-electron chi connectivity index (χ4n) is 1.94. The van der Waals surface area contributed by atoms with Gasteiger partial charge < -0.3 is 4.98 Å². The number of carbonyl (C=O) groups excluding carboxylic acids is 1. The molecule has 1 heterocycles. The fraction of sp³-hybridized carbons (Fsp3) is 0. The summed E-state index contributed by atoms with van der Waals surface area (Å²) in [5.74, 6) is -0.0105. The first-order chi connectivity index (χ1) is 7.27. The molecule has 2 heteroatoms. The van der Waals surface area contributed by atoms with Gasteiger partial charge in [0.1, 0.15) is 0 Å². The molecule has 0 fully saturated rings. The van der Waals surface area contributed by atoms with Crippen molar-refractivity contribution in [2.75, 3.05) is 0 Å². The Kier molecular flexibility index (Phi) is 1.48. The first-order valence-corrected chi connectivity index (χ1v) is 4.80. The third-order valence-corrected chi connectivity index (χ3v) is 2.72. The standard InChI is InChI=1S/C13H9NO/c1-8-6-7-10-9-4-2-3-5-11(9)14-12(10)13(8)15/h2-7,14H,1H2. The summed E-state index contributed by atoms with van der Waals surface area (Å²) < 4.78 is 0. The predicted octanol–water partition coefficient (Wildman–Crippen LogP) is 2.93. The number of H-pyrrole nitrogens is 1. The zero-order valence-electron chi connectivity index (χ0n) is 8.08. The maximum Gasteiger partial charge on any atom is 0.209 e. The Morgan fingerprint density at radius 3 is 2.80 bits per heavy atom. The van der Waals surface area contributed by atoms with Crippen molar-refractivity contribution in [1.82, 2.24) is 4.98 Å². The van der Waals surface area contributed by atoms with Crippen molar-refractivity contribution in [3.8, 4) is 0 Å². The highest BCUT2D eigenvalue weighted by Gasteiger charge is 2.20. The molecule has 1 aliphatic rings. The highest BCUT2D eigenvalue weighted by atomic mass is 16.1. The van der Waals surface area contributed by atoms with Crippen LogP contribution in [0.25, 0.3) is 17.0 Å². The van der Waals surface area contributed by atoms with Gasteiger partial charge in [-0.1, -0.05) is 36.9 Å². The van der Waals surface area contributed by atoms with E-state index in [1.165, 1.54) is 0 Å². The van der Waals surface area contributed by atoms with Gasteiger partial charge in [-0.15, -0.1) is 0 Å². The van der Waals surface area contributed by atoms with Gasteiger partial charge in [-0.2, -0.15) is 0 Å². The molecule has 0 aliphatic heterocycles. The van der Waals surface area contributed by atoms with E-state index in [-0.39, 0.29) is 5.78 Å². The zero-order valence-corrected chi connectivity index (χ0v) is 8.08. The highest BCUT2D eigenvalue weighted by molar-refractivity contribution is 6.17. The second kappa shape index (κ2) is 2.70. The third-order valence-electron chi connectivity index (χ3n) is 2.72. The lowest BCUT2D eigenvalue weighted by Gasteiger charge is -2.05. The molecule has 2 nitrogen and oxygen atoms in total. The van der Waals surface area contributed by atoms with Crippen LogP contribution in [0.2, 0.25) is 0 Å². The molecule has 72 valence electrons. The Hall–Kier alpha value is -2.09. The van der Waals surface area contributed by atoms with Crippen molar-refractivity contribution in [3.05, 3.63) is 53.8 Å². The Morgan fingerprint density at radius 2 is 1.93 bits per heavy atom. The van der Waals surface area contributed by atoms with E-state index in [4.69, 9.17) is 0 Å². The monoisotopic (exact) mass is 195 g/mol. The molecule has 15 heavy (non-hydrogen) atoms. The molecule has 0 unspecified atom stereocenters. The van der Waals surface area contributed by atoms with Crippen LogP contribution in [0.5, 0.6) is 0 Å². The number of ketones is 1. The van der Waals surface area contributed by atoms with Crippen LogP contribution in [-0.4, -0.2) is 10.8 Å². The van der Waals surface area contributed by atoms with Gasteiger partial charge in [0.25, 0.3) is 0 Å². The van der Waals surface area contributed by atoms with Crippen LogP contribution in [0, 0.1) is 0 Å². The summed E-state index contributed by atoms with van der Waals surface area (Å²) in [7, 11) is 0. The van der Waals surface area contributed by atoms with Crippen LogP contribution in [0.4, 0.5) is 0 Å². The molecule has 0 amide bonds. The number of nitrogens with one attached hydrogen (secondary N) is 1. The maximum atomic E-state index is 11.8. The molecule has 1 aliphatic carbocycles. The van der Waals surface area contributed by atoms with Gasteiger partial charge in [0.05, 0.1) is 5.69 Å². The number of carbonyl (C=O) groups is 1.